The van der Waals surface area contributed by atoms with Crippen molar-refractivity contribution >= 4 is 11.6 Å². The van der Waals surface area contributed by atoms with Crippen molar-refractivity contribution in [1.82, 2.24) is 0 Å². The van der Waals surface area contributed by atoms with Crippen molar-refractivity contribution in [2.24, 2.45) is 17.8 Å². The average Bonchev–Trinajstić information content (AvgIpc) is 2.95. The molecule has 5 N–H and O–H groups in total. The Balaban J connectivity index is 1.43. The normalized spacial score (nSPS) is 34.6. The van der Waals surface area contributed by atoms with Crippen molar-refractivity contribution < 1.29 is 49.3 Å². The number of carbonyl (C=O) groups excluding carboxylic acids is 2. The second kappa shape index (κ2) is 7.70. The number of aliphatic hydroxyl groups excluding tert-OH is 1. The van der Waals surface area contributed by atoms with Gasteiger partial charge in [-0.15, -0.1) is 0 Å². The SMILES string of the molecule is COc1cc([C@@H]2C3CC([C@H]4Oc5cc(O)cc(O)c5C(=O)[C@@H]4O)=CC4C2CO[C@]4(O)C3=O)ccc1O. The van der Waals surface area contributed by atoms with E-state index in [0.29, 0.717) is 5.57 Å². The Morgan fingerprint density at radius 2 is 1.86 bits per heavy atom. The molecule has 2 aromatic carbocycles. The van der Waals surface area contributed by atoms with Gasteiger partial charge in [-0.25, -0.2) is 0 Å². The smallest absolute Gasteiger partial charge is 0.233 e. The molecule has 10 nitrogen and oxygen atoms in total. The van der Waals surface area contributed by atoms with Gasteiger partial charge in [0.1, 0.15) is 22.8 Å². The summed E-state index contributed by atoms with van der Waals surface area (Å²) in [6.07, 6.45) is -1.15. The molecule has 7 rings (SSSR count). The Kier molecular flexibility index (Phi) is 4.88. The van der Waals surface area contributed by atoms with Crippen molar-refractivity contribution in [2.45, 2.75) is 30.3 Å². The first kappa shape index (κ1) is 22.8. The summed E-state index contributed by atoms with van der Waals surface area (Å²) in [5, 5.41) is 52.1. The van der Waals surface area contributed by atoms with Gasteiger partial charge in [-0.3, -0.25) is 9.59 Å². The minimum atomic E-state index is -2.04. The summed E-state index contributed by atoms with van der Waals surface area (Å²) in [7, 11) is 1.42. The van der Waals surface area contributed by atoms with E-state index in [4.69, 9.17) is 14.2 Å². The Bertz CT molecular complexity index is 1330. The van der Waals surface area contributed by atoms with Crippen molar-refractivity contribution in [1.29, 1.82) is 0 Å². The first-order valence-electron chi connectivity index (χ1n) is 11.6. The monoisotopic (exact) mass is 496 g/mol. The van der Waals surface area contributed by atoms with Crippen LogP contribution in [0.2, 0.25) is 0 Å². The number of hydrogen-bond donors (Lipinski definition) is 5. The van der Waals surface area contributed by atoms with Crippen LogP contribution in [0.5, 0.6) is 28.7 Å². The maximum Gasteiger partial charge on any atom is 0.233 e. The van der Waals surface area contributed by atoms with E-state index < -0.39 is 53.1 Å². The predicted molar refractivity (Wildman–Crippen MR) is 121 cm³/mol. The van der Waals surface area contributed by atoms with Gasteiger partial charge >= 0.3 is 0 Å². The second-order valence-electron chi connectivity index (χ2n) is 9.76. The van der Waals surface area contributed by atoms with E-state index >= 15 is 0 Å². The lowest BCUT2D eigenvalue weighted by Gasteiger charge is -2.40. The molecule has 188 valence electrons. The van der Waals surface area contributed by atoms with E-state index in [9.17, 15) is 35.1 Å². The first-order chi connectivity index (χ1) is 17.1. The summed E-state index contributed by atoms with van der Waals surface area (Å²) in [6.45, 7) is 0.110. The molecular formula is C26H24O10. The van der Waals surface area contributed by atoms with Gasteiger partial charge in [0.05, 0.1) is 13.7 Å². The summed E-state index contributed by atoms with van der Waals surface area (Å²) in [4.78, 5) is 26.5. The first-order valence-corrected chi connectivity index (χ1v) is 11.6. The van der Waals surface area contributed by atoms with Crippen LogP contribution in [0, 0.1) is 17.8 Å². The summed E-state index contributed by atoms with van der Waals surface area (Å²) in [6, 6.07) is 7.00. The molecule has 36 heavy (non-hydrogen) atoms. The van der Waals surface area contributed by atoms with Gasteiger partial charge in [0.2, 0.25) is 11.6 Å². The zero-order chi connectivity index (χ0) is 25.5. The second-order valence-corrected chi connectivity index (χ2v) is 9.76. The lowest BCUT2D eigenvalue weighted by Crippen LogP contribution is -2.52. The van der Waals surface area contributed by atoms with Crippen LogP contribution in [0.4, 0.5) is 0 Å². The number of Topliss-reactive ketones (excluding diaryl/α,β-unsaturated/α-hetero) is 2. The molecule has 0 amide bonds. The minimum absolute atomic E-state index is 0.0493. The highest BCUT2D eigenvalue weighted by atomic mass is 16.6. The van der Waals surface area contributed by atoms with Crippen LogP contribution in [0.15, 0.2) is 42.0 Å². The van der Waals surface area contributed by atoms with Crippen LogP contribution < -0.4 is 9.47 Å². The number of ketones is 2. The molecule has 2 heterocycles. The van der Waals surface area contributed by atoms with Gasteiger partial charge in [0, 0.05) is 35.8 Å². The number of ether oxygens (including phenoxy) is 3. The molecule has 2 fully saturated rings. The van der Waals surface area contributed by atoms with Crippen LogP contribution >= 0.6 is 0 Å². The number of hydrogen-bond acceptors (Lipinski definition) is 10. The van der Waals surface area contributed by atoms with Gasteiger partial charge in [0.15, 0.2) is 29.5 Å². The average molecular weight is 496 g/mol. The highest BCUT2D eigenvalue weighted by Crippen LogP contribution is 2.58. The Morgan fingerprint density at radius 3 is 2.61 bits per heavy atom. The Hall–Kier alpha value is -3.60. The number of aromatic hydroxyl groups is 3. The third-order valence-corrected chi connectivity index (χ3v) is 7.92. The molecule has 0 radical (unpaired) electrons. The molecule has 4 bridgehead atoms. The van der Waals surface area contributed by atoms with Gasteiger partial charge in [-0.1, -0.05) is 12.1 Å². The largest absolute Gasteiger partial charge is 0.508 e. The number of benzene rings is 2. The molecule has 7 atom stereocenters. The van der Waals surface area contributed by atoms with Gasteiger partial charge in [-0.2, -0.15) is 0 Å². The van der Waals surface area contributed by atoms with E-state index in [1.165, 1.54) is 19.2 Å². The molecule has 2 aromatic rings. The van der Waals surface area contributed by atoms with Crippen LogP contribution in [0.1, 0.15) is 28.3 Å². The number of fused-ring (bicyclic) bond motifs is 2. The number of methoxy groups -OCH3 is 1. The van der Waals surface area contributed by atoms with Crippen molar-refractivity contribution in [2.75, 3.05) is 13.7 Å². The standard InChI is InChI=1S/C26H24O10/c1-34-18-6-10(2-3-16(18)28)20-13-4-11(5-15-14(20)9-35-26(15,33)25(13)32)24-23(31)22(30)21-17(29)7-12(27)8-19(21)36-24/h2-3,5-8,13-15,20,23-24,27-29,31,33H,4,9H2,1H3/t13?,14?,15?,20-,23+,24-,26+/m1/s1. The van der Waals surface area contributed by atoms with E-state index in [0.717, 1.165) is 11.6 Å². The van der Waals surface area contributed by atoms with Gasteiger partial charge in [0.25, 0.3) is 0 Å². The fourth-order valence-corrected chi connectivity index (χ4v) is 6.30. The van der Waals surface area contributed by atoms with Crippen LogP contribution in [0.25, 0.3) is 0 Å². The fraction of sp³-hybridized carbons (Fsp3) is 0.385. The number of aliphatic hydroxyl groups is 2. The highest BCUT2D eigenvalue weighted by Gasteiger charge is 2.65. The fourth-order valence-electron chi connectivity index (χ4n) is 6.30. The van der Waals surface area contributed by atoms with Crippen molar-refractivity contribution in [3.8, 4) is 28.7 Å². The molecule has 10 heteroatoms. The van der Waals surface area contributed by atoms with Crippen LogP contribution in [0.3, 0.4) is 0 Å². The lowest BCUT2D eigenvalue weighted by atomic mass is 9.63. The molecule has 1 saturated carbocycles. The molecule has 0 spiro atoms. The third kappa shape index (κ3) is 3.01. The summed E-state index contributed by atoms with van der Waals surface area (Å²) in [5.74, 6) is -6.28. The Morgan fingerprint density at radius 1 is 1.08 bits per heavy atom. The number of rotatable bonds is 3. The van der Waals surface area contributed by atoms with E-state index in [1.54, 1.807) is 18.2 Å². The van der Waals surface area contributed by atoms with Gasteiger partial charge in [-0.05, 0) is 29.7 Å². The van der Waals surface area contributed by atoms with E-state index in [-0.39, 0.29) is 47.5 Å². The maximum absolute atomic E-state index is 13.5. The van der Waals surface area contributed by atoms with Crippen molar-refractivity contribution in [3.05, 3.63) is 53.1 Å². The highest BCUT2D eigenvalue weighted by molar-refractivity contribution is 6.06. The molecule has 3 unspecified atom stereocenters. The third-order valence-electron chi connectivity index (χ3n) is 7.92. The topological polar surface area (TPSA) is 163 Å². The zero-order valence-corrected chi connectivity index (χ0v) is 19.1. The van der Waals surface area contributed by atoms with E-state index in [1.807, 2.05) is 0 Å². The minimum Gasteiger partial charge on any atom is -0.508 e. The number of phenolic OH excluding ortho intramolecular Hbond substituents is 3. The summed E-state index contributed by atoms with van der Waals surface area (Å²) < 4.78 is 16.8. The predicted octanol–water partition coefficient (Wildman–Crippen LogP) is 1.38. The van der Waals surface area contributed by atoms with Crippen LogP contribution in [-0.2, 0) is 9.53 Å². The molecule has 1 saturated heterocycles. The van der Waals surface area contributed by atoms with Crippen molar-refractivity contribution in [3.63, 3.8) is 0 Å². The number of carbonyl (C=O) groups is 2. The lowest BCUT2D eigenvalue weighted by molar-refractivity contribution is -0.201. The van der Waals surface area contributed by atoms with Crippen LogP contribution in [-0.4, -0.2) is 68.8 Å². The Labute approximate surface area is 205 Å². The zero-order valence-electron chi connectivity index (χ0n) is 19.1. The summed E-state index contributed by atoms with van der Waals surface area (Å²) in [5.41, 5.74) is 0.926. The number of phenols is 3. The molecule has 3 aliphatic carbocycles. The van der Waals surface area contributed by atoms with Gasteiger partial charge < -0.3 is 39.7 Å². The molecule has 0 aromatic heterocycles. The molecule has 5 aliphatic rings. The quantitative estimate of drug-likeness (QED) is 0.392. The molecular weight excluding hydrogens is 472 g/mol. The maximum atomic E-state index is 13.5. The van der Waals surface area contributed by atoms with E-state index in [2.05, 4.69) is 0 Å². The molecule has 2 aliphatic heterocycles. The summed E-state index contributed by atoms with van der Waals surface area (Å²) >= 11 is 0.